The molecule has 0 bridgehead atoms. The van der Waals surface area contributed by atoms with Crippen molar-refractivity contribution in [2.75, 3.05) is 5.32 Å². The summed E-state index contributed by atoms with van der Waals surface area (Å²) < 4.78 is 38.8. The van der Waals surface area contributed by atoms with Crippen LogP contribution in [-0.2, 0) is 17.4 Å². The summed E-state index contributed by atoms with van der Waals surface area (Å²) in [5.74, 6) is -2.06. The van der Waals surface area contributed by atoms with Gasteiger partial charge < -0.3 is 10.4 Å². The molecule has 0 aliphatic heterocycles. The lowest BCUT2D eigenvalue weighted by molar-refractivity contribution is -0.138. The highest BCUT2D eigenvalue weighted by atomic mass is 19.4. The van der Waals surface area contributed by atoms with Crippen LogP contribution in [0.4, 0.5) is 18.9 Å². The zero-order valence-electron chi connectivity index (χ0n) is 11.7. The van der Waals surface area contributed by atoms with Crippen molar-refractivity contribution in [2.45, 2.75) is 12.6 Å². The summed E-state index contributed by atoms with van der Waals surface area (Å²) >= 11 is 0. The summed E-state index contributed by atoms with van der Waals surface area (Å²) in [6.45, 7) is 0. The number of rotatable bonds is 4. The molecule has 0 aromatic heterocycles. The maximum Gasteiger partial charge on any atom is 0.417 e. The van der Waals surface area contributed by atoms with Crippen LogP contribution in [-0.4, -0.2) is 17.0 Å². The maximum absolute atomic E-state index is 12.9. The number of halogens is 3. The molecule has 0 spiro atoms. The molecule has 23 heavy (non-hydrogen) atoms. The average molecular weight is 323 g/mol. The Morgan fingerprint density at radius 1 is 1.00 bits per heavy atom. The van der Waals surface area contributed by atoms with Gasteiger partial charge in [-0.05, 0) is 23.8 Å². The number of alkyl halides is 3. The third-order valence-electron chi connectivity index (χ3n) is 3.08. The number of carbonyl (C=O) groups excluding carboxylic acids is 1. The summed E-state index contributed by atoms with van der Waals surface area (Å²) in [7, 11) is 0. The second-order valence-electron chi connectivity index (χ2n) is 4.73. The monoisotopic (exact) mass is 323 g/mol. The van der Waals surface area contributed by atoms with Gasteiger partial charge in [-0.15, -0.1) is 0 Å². The largest absolute Gasteiger partial charge is 0.481 e. The number of carboxylic acid groups (broad SMARTS) is 1. The van der Waals surface area contributed by atoms with Crippen molar-refractivity contribution in [1.29, 1.82) is 0 Å². The number of benzene rings is 2. The molecule has 0 atom stereocenters. The van der Waals surface area contributed by atoms with E-state index in [9.17, 15) is 22.8 Å². The van der Waals surface area contributed by atoms with Crippen LogP contribution in [0.15, 0.2) is 48.5 Å². The van der Waals surface area contributed by atoms with Gasteiger partial charge in [-0.2, -0.15) is 13.2 Å². The van der Waals surface area contributed by atoms with Gasteiger partial charge in [0, 0.05) is 5.69 Å². The SMILES string of the molecule is O=C(O)Cc1ccccc1NC(=O)c1ccccc1C(F)(F)F. The summed E-state index contributed by atoms with van der Waals surface area (Å²) in [6, 6.07) is 10.5. The van der Waals surface area contributed by atoms with Crippen molar-refractivity contribution in [1.82, 2.24) is 0 Å². The number of hydrogen-bond acceptors (Lipinski definition) is 2. The lowest BCUT2D eigenvalue weighted by Gasteiger charge is -2.14. The van der Waals surface area contributed by atoms with Gasteiger partial charge in [0.05, 0.1) is 17.5 Å². The Morgan fingerprint density at radius 3 is 2.26 bits per heavy atom. The van der Waals surface area contributed by atoms with Gasteiger partial charge in [-0.3, -0.25) is 9.59 Å². The molecule has 120 valence electrons. The molecule has 7 heteroatoms. The summed E-state index contributed by atoms with van der Waals surface area (Å²) in [5, 5.41) is 11.2. The number of aliphatic carboxylic acids is 1. The van der Waals surface area contributed by atoms with Crippen molar-refractivity contribution in [3.05, 3.63) is 65.2 Å². The molecule has 0 aliphatic carbocycles. The van der Waals surface area contributed by atoms with Crippen molar-refractivity contribution < 1.29 is 27.9 Å². The lowest BCUT2D eigenvalue weighted by atomic mass is 10.1. The molecular formula is C16H12F3NO3. The number of nitrogens with one attached hydrogen (secondary N) is 1. The molecular weight excluding hydrogens is 311 g/mol. The maximum atomic E-state index is 12.9. The highest BCUT2D eigenvalue weighted by molar-refractivity contribution is 6.06. The van der Waals surface area contributed by atoms with Crippen molar-refractivity contribution in [3.8, 4) is 0 Å². The molecule has 0 aliphatic rings. The Bertz CT molecular complexity index is 741. The number of carboxylic acids is 1. The number of amides is 1. The lowest BCUT2D eigenvalue weighted by Crippen LogP contribution is -2.19. The molecule has 4 nitrogen and oxygen atoms in total. The predicted molar refractivity (Wildman–Crippen MR) is 77.2 cm³/mol. The fraction of sp³-hybridized carbons (Fsp3) is 0.125. The van der Waals surface area contributed by atoms with E-state index >= 15 is 0 Å². The zero-order valence-corrected chi connectivity index (χ0v) is 11.7. The number of para-hydroxylation sites is 1. The molecule has 0 saturated heterocycles. The number of carbonyl (C=O) groups is 2. The van der Waals surface area contributed by atoms with Gasteiger partial charge in [0.15, 0.2) is 0 Å². The minimum absolute atomic E-state index is 0.164. The summed E-state index contributed by atoms with van der Waals surface area (Å²) in [5.41, 5.74) is -1.10. The highest BCUT2D eigenvalue weighted by Gasteiger charge is 2.34. The first-order valence-corrected chi connectivity index (χ1v) is 6.56. The first-order chi connectivity index (χ1) is 10.8. The fourth-order valence-electron chi connectivity index (χ4n) is 2.08. The topological polar surface area (TPSA) is 66.4 Å². The molecule has 0 fully saturated rings. The predicted octanol–water partition coefficient (Wildman–Crippen LogP) is 3.58. The van der Waals surface area contributed by atoms with Gasteiger partial charge in [0.1, 0.15) is 0 Å². The molecule has 0 radical (unpaired) electrons. The van der Waals surface area contributed by atoms with E-state index in [1.165, 1.54) is 24.3 Å². The third kappa shape index (κ3) is 4.09. The normalized spacial score (nSPS) is 11.1. The van der Waals surface area contributed by atoms with E-state index in [4.69, 9.17) is 5.11 Å². The summed E-state index contributed by atoms with van der Waals surface area (Å²) in [4.78, 5) is 23.0. The van der Waals surface area contributed by atoms with Gasteiger partial charge >= 0.3 is 12.1 Å². The van der Waals surface area contributed by atoms with Crippen LogP contribution in [0.5, 0.6) is 0 Å². The molecule has 2 aromatic carbocycles. The van der Waals surface area contributed by atoms with Crippen LogP contribution in [0.1, 0.15) is 21.5 Å². The zero-order chi connectivity index (χ0) is 17.0. The van der Waals surface area contributed by atoms with Crippen LogP contribution in [0.25, 0.3) is 0 Å². The number of hydrogen-bond donors (Lipinski definition) is 2. The standard InChI is InChI=1S/C16H12F3NO3/c17-16(18,19)12-7-3-2-6-11(12)15(23)20-13-8-4-1-5-10(13)9-14(21)22/h1-8H,9H2,(H,20,23)(H,21,22). The van der Waals surface area contributed by atoms with E-state index in [0.29, 0.717) is 5.56 Å². The Hall–Kier alpha value is -2.83. The van der Waals surface area contributed by atoms with Gasteiger partial charge in [0.25, 0.3) is 5.91 Å². The van der Waals surface area contributed by atoms with Gasteiger partial charge in [0.2, 0.25) is 0 Å². The van der Waals surface area contributed by atoms with Crippen LogP contribution in [0, 0.1) is 0 Å². The average Bonchev–Trinajstić information content (AvgIpc) is 2.48. The van der Waals surface area contributed by atoms with Crippen molar-refractivity contribution >= 4 is 17.6 Å². The third-order valence-corrected chi connectivity index (χ3v) is 3.08. The molecule has 1 amide bonds. The van der Waals surface area contributed by atoms with Crippen LogP contribution in [0.3, 0.4) is 0 Å². The van der Waals surface area contributed by atoms with E-state index in [1.807, 2.05) is 0 Å². The Balaban J connectivity index is 2.33. The van der Waals surface area contributed by atoms with Crippen LogP contribution >= 0.6 is 0 Å². The van der Waals surface area contributed by atoms with E-state index in [-0.39, 0.29) is 12.1 Å². The molecule has 0 unspecified atom stereocenters. The van der Waals surface area contributed by atoms with Crippen LogP contribution in [0.2, 0.25) is 0 Å². The highest BCUT2D eigenvalue weighted by Crippen LogP contribution is 2.32. The van der Waals surface area contributed by atoms with E-state index < -0.39 is 29.2 Å². The molecule has 2 N–H and O–H groups in total. The van der Waals surface area contributed by atoms with E-state index in [2.05, 4.69) is 5.32 Å². The molecule has 0 heterocycles. The minimum Gasteiger partial charge on any atom is -0.481 e. The fourth-order valence-corrected chi connectivity index (χ4v) is 2.08. The van der Waals surface area contributed by atoms with E-state index in [0.717, 1.165) is 12.1 Å². The Labute approximate surface area is 129 Å². The second kappa shape index (κ2) is 6.51. The summed E-state index contributed by atoms with van der Waals surface area (Å²) in [6.07, 6.45) is -5.01. The Kier molecular flexibility index (Phi) is 4.68. The van der Waals surface area contributed by atoms with Gasteiger partial charge in [-0.25, -0.2) is 0 Å². The minimum atomic E-state index is -4.66. The molecule has 2 rings (SSSR count). The first kappa shape index (κ1) is 16.5. The first-order valence-electron chi connectivity index (χ1n) is 6.56. The van der Waals surface area contributed by atoms with Crippen molar-refractivity contribution in [3.63, 3.8) is 0 Å². The Morgan fingerprint density at radius 2 is 1.61 bits per heavy atom. The molecule has 0 saturated carbocycles. The smallest absolute Gasteiger partial charge is 0.417 e. The van der Waals surface area contributed by atoms with Crippen LogP contribution < -0.4 is 5.32 Å². The van der Waals surface area contributed by atoms with Gasteiger partial charge in [-0.1, -0.05) is 30.3 Å². The van der Waals surface area contributed by atoms with Crippen molar-refractivity contribution in [2.24, 2.45) is 0 Å². The van der Waals surface area contributed by atoms with E-state index in [1.54, 1.807) is 12.1 Å². The number of anilines is 1. The second-order valence-corrected chi connectivity index (χ2v) is 4.73. The quantitative estimate of drug-likeness (QED) is 0.904. The molecule has 2 aromatic rings.